The van der Waals surface area contributed by atoms with Gasteiger partial charge in [0.2, 0.25) is 0 Å². The molecule has 0 saturated heterocycles. The fraction of sp³-hybridized carbons (Fsp3) is 0.750. The molecule has 0 aliphatic rings. The number of nitrogens with zero attached hydrogens (tertiary/aromatic N) is 1. The van der Waals surface area contributed by atoms with Gasteiger partial charge in [0.05, 0.1) is 5.50 Å². The minimum Gasteiger partial charge on any atom is -0.294 e. The van der Waals surface area contributed by atoms with Crippen molar-refractivity contribution in [2.24, 2.45) is 0 Å². The van der Waals surface area contributed by atoms with E-state index in [2.05, 4.69) is 6.92 Å². The van der Waals surface area contributed by atoms with Crippen molar-refractivity contribution < 1.29 is 0 Å². The van der Waals surface area contributed by atoms with E-state index in [9.17, 15) is 0 Å². The topological polar surface area (TPSA) is 3.24 Å². The van der Waals surface area contributed by atoms with Gasteiger partial charge in [-0.2, -0.15) is 0 Å². The molecule has 0 N–H and O–H groups in total. The molecule has 1 unspecified atom stereocenters. The Hall–Kier alpha value is 0.540. The van der Waals surface area contributed by atoms with Crippen molar-refractivity contribution in [3.63, 3.8) is 0 Å². The average Bonchev–Trinajstić information content (AvgIpc) is 1.36. The van der Waals surface area contributed by atoms with Gasteiger partial charge in [-0.25, -0.2) is 0 Å². The maximum absolute atomic E-state index is 5.43. The first-order valence-corrected chi connectivity index (χ1v) is 2.22. The molecule has 1 atom stereocenters. The fourth-order valence-electron chi connectivity index (χ4n) is 0. The van der Waals surface area contributed by atoms with Crippen LogP contribution in [0, 0.1) is 6.92 Å². The first kappa shape index (κ1) is 10.5. The van der Waals surface area contributed by atoms with Gasteiger partial charge in [0.15, 0.2) is 0 Å². The average molecular weight is 143 g/mol. The van der Waals surface area contributed by atoms with Gasteiger partial charge in [-0.05, 0) is 21.0 Å². The molecule has 1 nitrogen and oxygen atoms in total. The zero-order valence-corrected chi connectivity index (χ0v) is 6.09. The van der Waals surface area contributed by atoms with E-state index in [-0.39, 0.29) is 17.9 Å². The summed E-state index contributed by atoms with van der Waals surface area (Å²) in [6.07, 6.45) is 0. The molecule has 0 aromatic carbocycles. The Labute approximate surface area is 56.1 Å². The molecule has 45 valence electrons. The summed E-state index contributed by atoms with van der Waals surface area (Å²) in [5.74, 6) is 0. The number of alkyl halides is 1. The minimum atomic E-state index is -0.0926. The third-order valence-electron chi connectivity index (χ3n) is 0.560. The summed E-state index contributed by atoms with van der Waals surface area (Å²) >= 11 is 5.43. The normalized spacial score (nSPS) is 13.3. The zero-order chi connectivity index (χ0) is 5.15. The van der Waals surface area contributed by atoms with Crippen molar-refractivity contribution in [2.45, 2.75) is 5.50 Å². The molecule has 7 heavy (non-hydrogen) atoms. The Morgan fingerprint density at radius 1 is 1.57 bits per heavy atom. The van der Waals surface area contributed by atoms with Crippen LogP contribution in [0.15, 0.2) is 0 Å². The van der Waals surface area contributed by atoms with Crippen LogP contribution >= 0.6 is 24.0 Å². The molecule has 0 saturated carbocycles. The molecular formula is C4H10Cl2N. The number of hydrogen-bond acceptors (Lipinski definition) is 1. The number of hydrogen-bond donors (Lipinski definition) is 0. The molecule has 0 aromatic heterocycles. The lowest BCUT2D eigenvalue weighted by Crippen LogP contribution is -2.18. The summed E-state index contributed by atoms with van der Waals surface area (Å²) in [5, 5.41) is 0. The molecule has 0 aromatic rings. The molecule has 1 radical (unpaired) electrons. The molecule has 0 spiro atoms. The lowest BCUT2D eigenvalue weighted by molar-refractivity contribution is 0.419. The fourth-order valence-corrected chi connectivity index (χ4v) is 0. The second kappa shape index (κ2) is 4.69. The van der Waals surface area contributed by atoms with E-state index in [1.165, 1.54) is 0 Å². The van der Waals surface area contributed by atoms with Gasteiger partial charge in [-0.3, -0.25) is 4.90 Å². The quantitative estimate of drug-likeness (QED) is 0.395. The molecule has 0 amide bonds. The lowest BCUT2D eigenvalue weighted by atomic mass is 10.7. The van der Waals surface area contributed by atoms with Gasteiger partial charge in [0.1, 0.15) is 0 Å². The predicted molar refractivity (Wildman–Crippen MR) is 35.9 cm³/mol. The minimum absolute atomic E-state index is 0. The summed E-state index contributed by atoms with van der Waals surface area (Å²) in [6.45, 7) is 3.53. The molecule has 0 aliphatic carbocycles. The van der Waals surface area contributed by atoms with Crippen molar-refractivity contribution >= 4 is 24.0 Å². The van der Waals surface area contributed by atoms with Crippen molar-refractivity contribution in [1.82, 2.24) is 4.90 Å². The molecule has 3 heteroatoms. The van der Waals surface area contributed by atoms with Crippen LogP contribution in [-0.2, 0) is 0 Å². The Morgan fingerprint density at radius 2 is 1.71 bits per heavy atom. The maximum Gasteiger partial charge on any atom is 0.0846 e. The van der Waals surface area contributed by atoms with Gasteiger partial charge in [-0.15, -0.1) is 24.0 Å². The van der Waals surface area contributed by atoms with E-state index < -0.39 is 0 Å². The standard InChI is InChI=1S/C4H9ClN.ClH/c1-4(5)6(2)3;/h4H,1H2,2-3H3;1H. The van der Waals surface area contributed by atoms with E-state index in [1.807, 2.05) is 19.0 Å². The van der Waals surface area contributed by atoms with Crippen LogP contribution in [0.25, 0.3) is 0 Å². The summed E-state index contributed by atoms with van der Waals surface area (Å²) in [4.78, 5) is 1.82. The van der Waals surface area contributed by atoms with Crippen molar-refractivity contribution in [2.75, 3.05) is 14.1 Å². The zero-order valence-electron chi connectivity index (χ0n) is 4.52. The van der Waals surface area contributed by atoms with Crippen LogP contribution in [0.1, 0.15) is 0 Å². The summed E-state index contributed by atoms with van der Waals surface area (Å²) in [5.41, 5.74) is -0.0926. The van der Waals surface area contributed by atoms with E-state index >= 15 is 0 Å². The van der Waals surface area contributed by atoms with Gasteiger partial charge >= 0.3 is 0 Å². The maximum atomic E-state index is 5.43. The van der Waals surface area contributed by atoms with Crippen LogP contribution in [0.3, 0.4) is 0 Å². The van der Waals surface area contributed by atoms with Crippen molar-refractivity contribution in [1.29, 1.82) is 0 Å². The van der Waals surface area contributed by atoms with Crippen LogP contribution in [0.4, 0.5) is 0 Å². The van der Waals surface area contributed by atoms with E-state index in [4.69, 9.17) is 11.6 Å². The second-order valence-electron chi connectivity index (χ2n) is 1.40. The molecule has 0 bridgehead atoms. The molecule has 0 aliphatic heterocycles. The number of halogens is 2. The molecular weight excluding hydrogens is 133 g/mol. The second-order valence-corrected chi connectivity index (χ2v) is 1.90. The molecule has 0 fully saturated rings. The van der Waals surface area contributed by atoms with Crippen LogP contribution in [0.2, 0.25) is 0 Å². The molecule has 0 rings (SSSR count). The largest absolute Gasteiger partial charge is 0.294 e. The van der Waals surface area contributed by atoms with Gasteiger partial charge in [0, 0.05) is 0 Å². The van der Waals surface area contributed by atoms with E-state index in [0.29, 0.717) is 0 Å². The van der Waals surface area contributed by atoms with Crippen LogP contribution in [0.5, 0.6) is 0 Å². The highest BCUT2D eigenvalue weighted by atomic mass is 35.5. The summed E-state index contributed by atoms with van der Waals surface area (Å²) in [6, 6.07) is 0. The van der Waals surface area contributed by atoms with Crippen molar-refractivity contribution in [3.8, 4) is 0 Å². The highest BCUT2D eigenvalue weighted by Crippen LogP contribution is 1.92. The number of rotatable bonds is 1. The van der Waals surface area contributed by atoms with Gasteiger partial charge in [-0.1, -0.05) is 0 Å². The predicted octanol–water partition coefficient (Wildman–Crippen LogP) is 1.37. The Balaban J connectivity index is 0. The molecule has 0 heterocycles. The van der Waals surface area contributed by atoms with E-state index in [0.717, 1.165) is 0 Å². The highest BCUT2D eigenvalue weighted by Gasteiger charge is 1.93. The first-order valence-electron chi connectivity index (χ1n) is 1.78. The monoisotopic (exact) mass is 142 g/mol. The SMILES string of the molecule is Cl.[CH2]C(Cl)N(C)C. The van der Waals surface area contributed by atoms with Gasteiger partial charge in [0.25, 0.3) is 0 Å². The Kier molecular flexibility index (Phi) is 7.04. The Morgan fingerprint density at radius 3 is 1.71 bits per heavy atom. The van der Waals surface area contributed by atoms with Crippen LogP contribution in [-0.4, -0.2) is 24.5 Å². The lowest BCUT2D eigenvalue weighted by Gasteiger charge is -2.09. The Bertz CT molecular complexity index is 30.7. The summed E-state index contributed by atoms with van der Waals surface area (Å²) < 4.78 is 0. The summed E-state index contributed by atoms with van der Waals surface area (Å²) in [7, 11) is 3.76. The first-order chi connectivity index (χ1) is 2.64. The highest BCUT2D eigenvalue weighted by molar-refractivity contribution is 6.20. The van der Waals surface area contributed by atoms with Crippen molar-refractivity contribution in [3.05, 3.63) is 6.92 Å². The van der Waals surface area contributed by atoms with E-state index in [1.54, 1.807) is 0 Å². The smallest absolute Gasteiger partial charge is 0.0846 e. The third-order valence-corrected chi connectivity index (χ3v) is 0.951. The van der Waals surface area contributed by atoms with Gasteiger partial charge < -0.3 is 0 Å². The van der Waals surface area contributed by atoms with Crippen LogP contribution < -0.4 is 0 Å². The third kappa shape index (κ3) is 6.54.